The molecule has 1 N–H and O–H groups in total. The predicted molar refractivity (Wildman–Crippen MR) is 90.1 cm³/mol. The van der Waals surface area contributed by atoms with Gasteiger partial charge in [0.2, 0.25) is 0 Å². The monoisotopic (exact) mass is 333 g/mol. The molecule has 4 nitrogen and oxygen atoms in total. The van der Waals surface area contributed by atoms with Gasteiger partial charge in [0.05, 0.1) is 6.04 Å². The molecule has 1 aliphatic heterocycles. The molecular weight excluding hydrogens is 314 g/mol. The zero-order valence-corrected chi connectivity index (χ0v) is 13.8. The van der Waals surface area contributed by atoms with E-state index in [-0.39, 0.29) is 11.8 Å². The highest BCUT2D eigenvalue weighted by molar-refractivity contribution is 6.30. The molecule has 1 aromatic carbocycles. The molecule has 1 aliphatic rings. The van der Waals surface area contributed by atoms with Gasteiger partial charge >= 0.3 is 5.63 Å². The first kappa shape index (κ1) is 16.1. The molecule has 1 unspecified atom stereocenters. The Bertz CT molecular complexity index is 733. The number of likely N-dealkylation sites (tertiary alicyclic amines) is 1. The second-order valence-electron chi connectivity index (χ2n) is 5.99. The largest absolute Gasteiger partial charge is 0.507 e. The van der Waals surface area contributed by atoms with Gasteiger partial charge in [0.15, 0.2) is 0 Å². The molecule has 1 atom stereocenters. The summed E-state index contributed by atoms with van der Waals surface area (Å²) >= 11 is 5.99. The summed E-state index contributed by atoms with van der Waals surface area (Å²) in [7, 11) is 0. The van der Waals surface area contributed by atoms with Gasteiger partial charge < -0.3 is 9.52 Å². The van der Waals surface area contributed by atoms with Crippen LogP contribution in [0.2, 0.25) is 5.02 Å². The Labute approximate surface area is 140 Å². The van der Waals surface area contributed by atoms with Crippen molar-refractivity contribution in [2.75, 3.05) is 13.1 Å². The van der Waals surface area contributed by atoms with Gasteiger partial charge in [-0.25, -0.2) is 4.79 Å². The summed E-state index contributed by atoms with van der Waals surface area (Å²) in [6, 6.07) is 8.61. The van der Waals surface area contributed by atoms with Crippen LogP contribution in [0.1, 0.15) is 42.2 Å². The van der Waals surface area contributed by atoms with E-state index in [1.54, 1.807) is 19.1 Å². The molecule has 1 saturated heterocycles. The Balaban J connectivity index is 2.11. The summed E-state index contributed by atoms with van der Waals surface area (Å²) in [5.41, 5.74) is 0.760. The van der Waals surface area contributed by atoms with Gasteiger partial charge in [-0.2, -0.15) is 0 Å². The maximum absolute atomic E-state index is 12.4. The molecular formula is C18H20ClNO3. The minimum atomic E-state index is -0.479. The van der Waals surface area contributed by atoms with Crippen LogP contribution in [-0.2, 0) is 0 Å². The van der Waals surface area contributed by atoms with Crippen LogP contribution in [0, 0.1) is 6.92 Å². The van der Waals surface area contributed by atoms with E-state index in [0.29, 0.717) is 16.3 Å². The SMILES string of the molecule is Cc1cc(O)c(C(c2ccc(Cl)cc2)N2CCCCC2)c(=O)o1. The Hall–Kier alpha value is -1.78. The van der Waals surface area contributed by atoms with Crippen molar-refractivity contribution in [3.05, 3.63) is 62.7 Å². The predicted octanol–water partition coefficient (Wildman–Crippen LogP) is 3.88. The maximum Gasteiger partial charge on any atom is 0.344 e. The van der Waals surface area contributed by atoms with E-state index in [2.05, 4.69) is 4.90 Å². The molecule has 0 spiro atoms. The summed E-state index contributed by atoms with van der Waals surface area (Å²) < 4.78 is 5.24. The number of hydrogen-bond donors (Lipinski definition) is 1. The lowest BCUT2D eigenvalue weighted by Crippen LogP contribution is -2.36. The average Bonchev–Trinajstić information content (AvgIpc) is 2.53. The van der Waals surface area contributed by atoms with E-state index in [1.807, 2.05) is 12.1 Å². The molecule has 122 valence electrons. The fourth-order valence-corrected chi connectivity index (χ4v) is 3.36. The third kappa shape index (κ3) is 3.43. The van der Waals surface area contributed by atoms with Crippen LogP contribution in [0.5, 0.6) is 5.75 Å². The summed E-state index contributed by atoms with van der Waals surface area (Å²) in [5, 5.41) is 11.0. The number of nitrogens with zero attached hydrogens (tertiary/aromatic N) is 1. The quantitative estimate of drug-likeness (QED) is 0.926. The molecule has 1 aromatic heterocycles. The number of aryl methyl sites for hydroxylation is 1. The van der Waals surface area contributed by atoms with Crippen LogP contribution in [0.3, 0.4) is 0 Å². The second-order valence-corrected chi connectivity index (χ2v) is 6.43. The molecule has 3 rings (SSSR count). The molecule has 1 fully saturated rings. The van der Waals surface area contributed by atoms with Gasteiger partial charge in [-0.15, -0.1) is 0 Å². The minimum Gasteiger partial charge on any atom is -0.507 e. The summed E-state index contributed by atoms with van der Waals surface area (Å²) in [5.74, 6) is 0.397. The lowest BCUT2D eigenvalue weighted by molar-refractivity contribution is 0.181. The highest BCUT2D eigenvalue weighted by Crippen LogP contribution is 2.34. The summed E-state index contributed by atoms with van der Waals surface area (Å²) in [6.07, 6.45) is 3.36. The third-order valence-electron chi connectivity index (χ3n) is 4.30. The Morgan fingerprint density at radius 2 is 1.83 bits per heavy atom. The highest BCUT2D eigenvalue weighted by Gasteiger charge is 2.29. The highest BCUT2D eigenvalue weighted by atomic mass is 35.5. The lowest BCUT2D eigenvalue weighted by Gasteiger charge is -2.34. The minimum absolute atomic E-state index is 0.00993. The molecule has 0 bridgehead atoms. The van der Waals surface area contributed by atoms with E-state index in [1.165, 1.54) is 12.5 Å². The molecule has 0 aliphatic carbocycles. The summed E-state index contributed by atoms with van der Waals surface area (Å²) in [4.78, 5) is 14.6. The number of rotatable bonds is 3. The van der Waals surface area contributed by atoms with E-state index < -0.39 is 5.63 Å². The van der Waals surface area contributed by atoms with Gasteiger partial charge in [-0.05, 0) is 50.6 Å². The van der Waals surface area contributed by atoms with Crippen LogP contribution in [0.15, 0.2) is 39.5 Å². The molecule has 0 saturated carbocycles. The molecule has 2 heterocycles. The van der Waals surface area contributed by atoms with Crippen LogP contribution >= 0.6 is 11.6 Å². The van der Waals surface area contributed by atoms with Crippen molar-refractivity contribution in [3.63, 3.8) is 0 Å². The van der Waals surface area contributed by atoms with Gasteiger partial charge in [-0.1, -0.05) is 30.2 Å². The Kier molecular flexibility index (Phi) is 4.74. The maximum atomic E-state index is 12.4. The smallest absolute Gasteiger partial charge is 0.344 e. The van der Waals surface area contributed by atoms with Gasteiger partial charge in [0.25, 0.3) is 0 Å². The first-order chi connectivity index (χ1) is 11.1. The standard InChI is InChI=1S/C18H20ClNO3/c1-12-11-15(21)16(18(22)23-12)17(20-9-3-2-4-10-20)13-5-7-14(19)8-6-13/h5-8,11,17,21H,2-4,9-10H2,1H3. The zero-order chi connectivity index (χ0) is 16.4. The number of halogens is 1. The van der Waals surface area contributed by atoms with E-state index in [0.717, 1.165) is 31.5 Å². The van der Waals surface area contributed by atoms with Crippen LogP contribution < -0.4 is 5.63 Å². The van der Waals surface area contributed by atoms with E-state index in [9.17, 15) is 9.90 Å². The lowest BCUT2D eigenvalue weighted by atomic mass is 9.95. The van der Waals surface area contributed by atoms with E-state index in [4.69, 9.17) is 16.0 Å². The number of piperidine rings is 1. The van der Waals surface area contributed by atoms with Crippen molar-refractivity contribution >= 4 is 11.6 Å². The van der Waals surface area contributed by atoms with E-state index >= 15 is 0 Å². The Morgan fingerprint density at radius 1 is 1.17 bits per heavy atom. The van der Waals surface area contributed by atoms with Crippen molar-refractivity contribution in [2.24, 2.45) is 0 Å². The van der Waals surface area contributed by atoms with Crippen molar-refractivity contribution in [1.29, 1.82) is 0 Å². The van der Waals surface area contributed by atoms with Gasteiger partial charge in [0, 0.05) is 11.1 Å². The fourth-order valence-electron chi connectivity index (χ4n) is 3.24. The van der Waals surface area contributed by atoms with Crippen molar-refractivity contribution in [1.82, 2.24) is 4.90 Å². The second kappa shape index (κ2) is 6.77. The normalized spacial score (nSPS) is 17.1. The molecule has 0 radical (unpaired) electrons. The molecule has 0 amide bonds. The summed E-state index contributed by atoms with van der Waals surface area (Å²) in [6.45, 7) is 3.43. The third-order valence-corrected chi connectivity index (χ3v) is 4.56. The average molecular weight is 334 g/mol. The van der Waals surface area contributed by atoms with Crippen molar-refractivity contribution < 1.29 is 9.52 Å². The van der Waals surface area contributed by atoms with Crippen LogP contribution in [0.4, 0.5) is 0 Å². The number of hydrogen-bond acceptors (Lipinski definition) is 4. The van der Waals surface area contributed by atoms with Gasteiger partial charge in [0.1, 0.15) is 17.1 Å². The number of aromatic hydroxyl groups is 1. The van der Waals surface area contributed by atoms with Crippen LogP contribution in [0.25, 0.3) is 0 Å². The first-order valence-electron chi connectivity index (χ1n) is 7.89. The molecule has 5 heteroatoms. The molecule has 2 aromatic rings. The van der Waals surface area contributed by atoms with Crippen LogP contribution in [-0.4, -0.2) is 23.1 Å². The van der Waals surface area contributed by atoms with Crippen molar-refractivity contribution in [2.45, 2.75) is 32.2 Å². The fraction of sp³-hybridized carbons (Fsp3) is 0.389. The van der Waals surface area contributed by atoms with Crippen molar-refractivity contribution in [3.8, 4) is 5.75 Å². The molecule has 23 heavy (non-hydrogen) atoms. The topological polar surface area (TPSA) is 53.7 Å². The Morgan fingerprint density at radius 3 is 2.43 bits per heavy atom. The number of benzene rings is 1. The first-order valence-corrected chi connectivity index (χ1v) is 8.27. The van der Waals surface area contributed by atoms with Gasteiger partial charge in [-0.3, -0.25) is 4.90 Å². The zero-order valence-electron chi connectivity index (χ0n) is 13.1.